The molecule has 1 saturated carbocycles. The third-order valence-corrected chi connectivity index (χ3v) is 4.61. The fraction of sp³-hybridized carbons (Fsp3) is 0.562. The highest BCUT2D eigenvalue weighted by Gasteiger charge is 2.24. The van der Waals surface area contributed by atoms with Crippen molar-refractivity contribution in [3.8, 4) is 0 Å². The zero-order valence-corrected chi connectivity index (χ0v) is 13.6. The average molecular weight is 329 g/mol. The molecule has 0 aliphatic heterocycles. The van der Waals surface area contributed by atoms with E-state index in [2.05, 4.69) is 5.32 Å². The Morgan fingerprint density at radius 1 is 1.33 bits per heavy atom. The molecule has 0 spiro atoms. The van der Waals surface area contributed by atoms with Gasteiger partial charge in [0, 0.05) is 28.5 Å². The quantitative estimate of drug-likeness (QED) is 0.812. The maximum Gasteiger partial charge on any atom is 0.223 e. The van der Waals surface area contributed by atoms with Crippen LogP contribution < -0.4 is 11.1 Å². The average Bonchev–Trinajstić information content (AvgIpc) is 2.45. The van der Waals surface area contributed by atoms with Crippen molar-refractivity contribution in [3.05, 3.63) is 33.8 Å². The van der Waals surface area contributed by atoms with Crippen molar-refractivity contribution >= 4 is 29.1 Å². The zero-order chi connectivity index (χ0) is 15.2. The largest absolute Gasteiger partial charge is 0.356 e. The SMILES string of the molecule is NC1CCCC(C(=O)NCCCc2ccc(Cl)cc2Cl)C1. The first-order chi connectivity index (χ1) is 10.1. The molecule has 1 fully saturated rings. The summed E-state index contributed by atoms with van der Waals surface area (Å²) in [6.07, 6.45) is 5.57. The van der Waals surface area contributed by atoms with E-state index in [1.54, 1.807) is 6.07 Å². The molecule has 2 atom stereocenters. The van der Waals surface area contributed by atoms with E-state index in [1.807, 2.05) is 12.1 Å². The molecule has 1 aromatic carbocycles. The minimum absolute atomic E-state index is 0.0906. The van der Waals surface area contributed by atoms with Crippen LogP contribution in [0.5, 0.6) is 0 Å². The number of carbonyl (C=O) groups is 1. The molecule has 0 radical (unpaired) electrons. The molecule has 3 N–H and O–H groups in total. The van der Waals surface area contributed by atoms with Crippen molar-refractivity contribution in [1.82, 2.24) is 5.32 Å². The number of hydrogen-bond donors (Lipinski definition) is 2. The molecule has 0 saturated heterocycles. The van der Waals surface area contributed by atoms with Gasteiger partial charge in [-0.3, -0.25) is 4.79 Å². The van der Waals surface area contributed by atoms with Crippen LogP contribution >= 0.6 is 23.2 Å². The van der Waals surface area contributed by atoms with Crippen LogP contribution in [-0.2, 0) is 11.2 Å². The summed E-state index contributed by atoms with van der Waals surface area (Å²) in [5, 5.41) is 4.34. The van der Waals surface area contributed by atoms with Gasteiger partial charge in [0.1, 0.15) is 0 Å². The second-order valence-electron chi connectivity index (χ2n) is 5.75. The van der Waals surface area contributed by atoms with E-state index in [9.17, 15) is 4.79 Å². The van der Waals surface area contributed by atoms with E-state index in [0.29, 0.717) is 16.6 Å². The summed E-state index contributed by atoms with van der Waals surface area (Å²) < 4.78 is 0. The number of nitrogens with two attached hydrogens (primary N) is 1. The van der Waals surface area contributed by atoms with Crippen molar-refractivity contribution in [2.45, 2.75) is 44.6 Å². The Labute approximate surface area is 136 Å². The highest BCUT2D eigenvalue weighted by molar-refractivity contribution is 6.35. The van der Waals surface area contributed by atoms with Gasteiger partial charge in [-0.25, -0.2) is 0 Å². The fourth-order valence-electron chi connectivity index (χ4n) is 2.82. The Morgan fingerprint density at radius 2 is 2.14 bits per heavy atom. The summed E-state index contributed by atoms with van der Waals surface area (Å²) in [5.74, 6) is 0.236. The molecule has 21 heavy (non-hydrogen) atoms. The van der Waals surface area contributed by atoms with Gasteiger partial charge in [0.25, 0.3) is 0 Å². The van der Waals surface area contributed by atoms with Crippen LogP contribution in [0.3, 0.4) is 0 Å². The molecule has 0 bridgehead atoms. The van der Waals surface area contributed by atoms with Gasteiger partial charge in [0.15, 0.2) is 0 Å². The maximum atomic E-state index is 12.1. The van der Waals surface area contributed by atoms with Crippen molar-refractivity contribution in [3.63, 3.8) is 0 Å². The predicted molar refractivity (Wildman–Crippen MR) is 87.7 cm³/mol. The number of halogens is 2. The lowest BCUT2D eigenvalue weighted by Crippen LogP contribution is -2.38. The Kier molecular flexibility index (Phi) is 6.34. The van der Waals surface area contributed by atoms with Crippen LogP contribution in [0.2, 0.25) is 10.0 Å². The Balaban J connectivity index is 1.70. The van der Waals surface area contributed by atoms with Crippen LogP contribution in [0, 0.1) is 5.92 Å². The lowest BCUT2D eigenvalue weighted by molar-refractivity contribution is -0.126. The Bertz CT molecular complexity index is 493. The second-order valence-corrected chi connectivity index (χ2v) is 6.60. The molecule has 0 heterocycles. The number of benzene rings is 1. The van der Waals surface area contributed by atoms with Crippen LogP contribution in [-0.4, -0.2) is 18.5 Å². The van der Waals surface area contributed by atoms with Crippen LogP contribution in [0.1, 0.15) is 37.7 Å². The summed E-state index contributed by atoms with van der Waals surface area (Å²) in [6.45, 7) is 0.670. The molecule has 2 unspecified atom stereocenters. The number of carbonyl (C=O) groups excluding carboxylic acids is 1. The first-order valence-corrected chi connectivity index (χ1v) is 8.29. The molecule has 0 aromatic heterocycles. The van der Waals surface area contributed by atoms with Crippen molar-refractivity contribution in [2.24, 2.45) is 11.7 Å². The van der Waals surface area contributed by atoms with Crippen LogP contribution in [0.25, 0.3) is 0 Å². The maximum absolute atomic E-state index is 12.1. The van der Waals surface area contributed by atoms with Crippen LogP contribution in [0.15, 0.2) is 18.2 Å². The normalized spacial score (nSPS) is 22.0. The Hall–Kier alpha value is -0.770. The summed E-state index contributed by atoms with van der Waals surface area (Å²) in [4.78, 5) is 12.1. The van der Waals surface area contributed by atoms with Gasteiger partial charge >= 0.3 is 0 Å². The highest BCUT2D eigenvalue weighted by atomic mass is 35.5. The number of hydrogen-bond acceptors (Lipinski definition) is 2. The molecule has 2 rings (SSSR count). The zero-order valence-electron chi connectivity index (χ0n) is 12.1. The molecule has 1 aliphatic rings. The molecular formula is C16H22Cl2N2O. The molecule has 1 aromatic rings. The van der Waals surface area contributed by atoms with Gasteiger partial charge < -0.3 is 11.1 Å². The van der Waals surface area contributed by atoms with Crippen LogP contribution in [0.4, 0.5) is 0 Å². The molecule has 3 nitrogen and oxygen atoms in total. The van der Waals surface area contributed by atoms with Crippen molar-refractivity contribution in [1.29, 1.82) is 0 Å². The van der Waals surface area contributed by atoms with E-state index < -0.39 is 0 Å². The summed E-state index contributed by atoms with van der Waals surface area (Å²) in [6, 6.07) is 5.71. The van der Waals surface area contributed by atoms with Gasteiger partial charge in [-0.1, -0.05) is 35.7 Å². The van der Waals surface area contributed by atoms with E-state index in [-0.39, 0.29) is 17.9 Å². The second kappa shape index (κ2) is 8.02. The van der Waals surface area contributed by atoms with E-state index in [1.165, 1.54) is 0 Å². The summed E-state index contributed by atoms with van der Waals surface area (Å²) >= 11 is 12.0. The lowest BCUT2D eigenvalue weighted by Gasteiger charge is -2.25. The smallest absolute Gasteiger partial charge is 0.223 e. The molecule has 5 heteroatoms. The lowest BCUT2D eigenvalue weighted by atomic mass is 9.85. The summed E-state index contributed by atoms with van der Waals surface area (Å²) in [5.41, 5.74) is 6.98. The number of aryl methyl sites for hydroxylation is 1. The van der Waals surface area contributed by atoms with E-state index >= 15 is 0 Å². The van der Waals surface area contributed by atoms with Crippen molar-refractivity contribution in [2.75, 3.05) is 6.54 Å². The topological polar surface area (TPSA) is 55.1 Å². The standard InChI is InChI=1S/C16H22Cl2N2O/c17-13-7-6-11(15(18)10-13)4-2-8-20-16(21)12-3-1-5-14(19)9-12/h6-7,10,12,14H,1-5,8-9,19H2,(H,20,21). The molecule has 116 valence electrons. The van der Waals surface area contributed by atoms with Gasteiger partial charge in [0.05, 0.1) is 0 Å². The predicted octanol–water partition coefficient (Wildman–Crippen LogP) is 3.56. The van der Waals surface area contributed by atoms with Crippen molar-refractivity contribution < 1.29 is 4.79 Å². The van der Waals surface area contributed by atoms with E-state index in [0.717, 1.165) is 44.1 Å². The molecule has 1 amide bonds. The van der Waals surface area contributed by atoms with Gasteiger partial charge in [-0.05, 0) is 49.8 Å². The van der Waals surface area contributed by atoms with Gasteiger partial charge in [0.2, 0.25) is 5.91 Å². The number of amides is 1. The number of rotatable bonds is 5. The Morgan fingerprint density at radius 3 is 2.86 bits per heavy atom. The minimum atomic E-state index is 0.0906. The van der Waals surface area contributed by atoms with Gasteiger partial charge in [-0.15, -0.1) is 0 Å². The molecular weight excluding hydrogens is 307 g/mol. The van der Waals surface area contributed by atoms with Gasteiger partial charge in [-0.2, -0.15) is 0 Å². The summed E-state index contributed by atoms with van der Waals surface area (Å²) in [7, 11) is 0. The van der Waals surface area contributed by atoms with E-state index in [4.69, 9.17) is 28.9 Å². The highest BCUT2D eigenvalue weighted by Crippen LogP contribution is 2.23. The monoisotopic (exact) mass is 328 g/mol. The third kappa shape index (κ3) is 5.17. The molecule has 1 aliphatic carbocycles. The first-order valence-electron chi connectivity index (χ1n) is 7.53. The fourth-order valence-corrected chi connectivity index (χ4v) is 3.33. The first kappa shape index (κ1) is 16.6. The minimum Gasteiger partial charge on any atom is -0.356 e. The third-order valence-electron chi connectivity index (χ3n) is 4.02. The number of nitrogens with one attached hydrogen (secondary N) is 1.